The Labute approximate surface area is 133 Å². The second kappa shape index (κ2) is 5.26. The van der Waals surface area contributed by atoms with Crippen LogP contribution in [-0.2, 0) is 4.79 Å². The minimum absolute atomic E-state index is 0.0895. The van der Waals surface area contributed by atoms with E-state index in [4.69, 9.17) is 0 Å². The van der Waals surface area contributed by atoms with Crippen molar-refractivity contribution >= 4 is 11.4 Å². The quantitative estimate of drug-likeness (QED) is 0.622. The largest absolute Gasteiger partial charge is 0.512 e. The van der Waals surface area contributed by atoms with Gasteiger partial charge in [-0.05, 0) is 67.4 Å². The van der Waals surface area contributed by atoms with E-state index in [2.05, 4.69) is 26.0 Å². The van der Waals surface area contributed by atoms with Gasteiger partial charge in [-0.1, -0.05) is 38.1 Å². The van der Waals surface area contributed by atoms with Crippen LogP contribution in [-0.4, -0.2) is 10.9 Å². The maximum absolute atomic E-state index is 11.7. The molecule has 0 saturated heterocycles. The molecule has 2 nitrogen and oxygen atoms in total. The summed E-state index contributed by atoms with van der Waals surface area (Å²) in [5, 5.41) is 9.73. The molecule has 0 aromatic heterocycles. The number of carbonyl (C=O) groups excluding carboxylic acids is 1. The smallest absolute Gasteiger partial charge is 0.163 e. The Hall–Kier alpha value is -1.57. The molecule has 118 valence electrons. The van der Waals surface area contributed by atoms with E-state index in [0.717, 1.165) is 17.4 Å². The summed E-state index contributed by atoms with van der Waals surface area (Å²) < 4.78 is 0. The van der Waals surface area contributed by atoms with Gasteiger partial charge in [0.05, 0.1) is 5.57 Å². The average Bonchev–Trinajstić information content (AvgIpc) is 2.47. The van der Waals surface area contributed by atoms with Crippen molar-refractivity contribution in [1.82, 2.24) is 0 Å². The number of hydrogen-bond acceptors (Lipinski definition) is 2. The van der Waals surface area contributed by atoms with E-state index in [1.165, 1.54) is 31.7 Å². The minimum atomic E-state index is -0.0895. The molecule has 2 heteroatoms. The second-order valence-electron chi connectivity index (χ2n) is 7.68. The summed E-state index contributed by atoms with van der Waals surface area (Å²) >= 11 is 0. The Balaban J connectivity index is 1.86. The summed E-state index contributed by atoms with van der Waals surface area (Å²) in [7, 11) is 0. The molecule has 1 aromatic carbocycles. The van der Waals surface area contributed by atoms with Crippen LogP contribution in [0.25, 0.3) is 5.57 Å². The predicted molar refractivity (Wildman–Crippen MR) is 89.7 cm³/mol. The summed E-state index contributed by atoms with van der Waals surface area (Å²) in [6.45, 7) is 7.90. The number of aliphatic hydroxyl groups is 1. The fourth-order valence-corrected chi connectivity index (χ4v) is 4.77. The Kier molecular flexibility index (Phi) is 3.66. The highest BCUT2D eigenvalue weighted by Crippen LogP contribution is 2.63. The molecule has 1 N–H and O–H groups in total. The number of fused-ring (bicyclic) bond motifs is 2. The van der Waals surface area contributed by atoms with Gasteiger partial charge in [0, 0.05) is 0 Å². The maximum Gasteiger partial charge on any atom is 0.163 e. The van der Waals surface area contributed by atoms with Crippen molar-refractivity contribution in [3.63, 3.8) is 0 Å². The minimum Gasteiger partial charge on any atom is -0.512 e. The summed E-state index contributed by atoms with van der Waals surface area (Å²) in [5.74, 6) is 2.36. The zero-order valence-corrected chi connectivity index (χ0v) is 14.0. The molecule has 3 aliphatic rings. The lowest BCUT2D eigenvalue weighted by molar-refractivity contribution is -0.111. The van der Waals surface area contributed by atoms with Crippen molar-refractivity contribution in [2.75, 3.05) is 0 Å². The standard InChI is InChI=1S/C20H26O2/c1-12(21)19(13(2)22)15-7-5-14(6-8-15)17-10-9-16-11-18(17)20(16,3)4/h5-8,16-18,21H,9-11H2,1-4H3/b19-12+. The van der Waals surface area contributed by atoms with Gasteiger partial charge in [0.25, 0.3) is 0 Å². The van der Waals surface area contributed by atoms with Crippen molar-refractivity contribution in [2.45, 2.75) is 52.9 Å². The van der Waals surface area contributed by atoms with Gasteiger partial charge < -0.3 is 5.11 Å². The lowest BCUT2D eigenvalue weighted by atomic mass is 9.45. The van der Waals surface area contributed by atoms with Crippen LogP contribution in [0, 0.1) is 17.3 Å². The van der Waals surface area contributed by atoms with E-state index in [1.54, 1.807) is 6.92 Å². The van der Waals surface area contributed by atoms with Crippen LogP contribution in [0.5, 0.6) is 0 Å². The van der Waals surface area contributed by atoms with Gasteiger partial charge in [-0.3, -0.25) is 4.79 Å². The van der Waals surface area contributed by atoms with Gasteiger partial charge in [-0.15, -0.1) is 0 Å². The van der Waals surface area contributed by atoms with Crippen LogP contribution in [0.1, 0.15) is 64.0 Å². The molecule has 3 saturated carbocycles. The molecule has 0 amide bonds. The van der Waals surface area contributed by atoms with E-state index >= 15 is 0 Å². The van der Waals surface area contributed by atoms with E-state index in [9.17, 15) is 9.90 Å². The zero-order chi connectivity index (χ0) is 16.1. The van der Waals surface area contributed by atoms with E-state index < -0.39 is 0 Å². The summed E-state index contributed by atoms with van der Waals surface area (Å²) in [4.78, 5) is 11.7. The van der Waals surface area contributed by atoms with Crippen LogP contribution >= 0.6 is 0 Å². The topological polar surface area (TPSA) is 37.3 Å². The summed E-state index contributed by atoms with van der Waals surface area (Å²) in [6.07, 6.45) is 3.99. The Bertz CT molecular complexity index is 616. The zero-order valence-electron chi connectivity index (χ0n) is 14.0. The molecule has 0 spiro atoms. The van der Waals surface area contributed by atoms with Crippen LogP contribution in [0.2, 0.25) is 0 Å². The van der Waals surface area contributed by atoms with Gasteiger partial charge in [0.15, 0.2) is 5.78 Å². The average molecular weight is 298 g/mol. The van der Waals surface area contributed by atoms with Crippen molar-refractivity contribution in [2.24, 2.45) is 17.3 Å². The number of Topliss-reactive ketones (excluding diaryl/α,β-unsaturated/α-hetero) is 1. The molecule has 1 aromatic rings. The monoisotopic (exact) mass is 298 g/mol. The molecular formula is C20H26O2. The first kappa shape index (κ1) is 15.3. The molecule has 3 fully saturated rings. The van der Waals surface area contributed by atoms with Crippen LogP contribution < -0.4 is 0 Å². The van der Waals surface area contributed by atoms with Gasteiger partial charge in [0.2, 0.25) is 0 Å². The number of carbonyl (C=O) groups is 1. The fraction of sp³-hybridized carbons (Fsp3) is 0.550. The first-order valence-corrected chi connectivity index (χ1v) is 8.33. The summed E-state index contributed by atoms with van der Waals surface area (Å²) in [6, 6.07) is 8.29. The third kappa shape index (κ3) is 2.29. The molecule has 3 unspecified atom stereocenters. The molecule has 3 aliphatic carbocycles. The molecule has 22 heavy (non-hydrogen) atoms. The third-order valence-corrected chi connectivity index (χ3v) is 6.20. The highest BCUT2D eigenvalue weighted by Gasteiger charge is 2.54. The van der Waals surface area contributed by atoms with Crippen molar-refractivity contribution in [1.29, 1.82) is 0 Å². The lowest BCUT2D eigenvalue weighted by Crippen LogP contribution is -2.51. The third-order valence-electron chi connectivity index (χ3n) is 6.20. The van der Waals surface area contributed by atoms with Gasteiger partial charge in [-0.25, -0.2) is 0 Å². The maximum atomic E-state index is 11.7. The number of rotatable bonds is 3. The number of hydrogen-bond donors (Lipinski definition) is 1. The number of aliphatic hydroxyl groups excluding tert-OH is 1. The lowest BCUT2D eigenvalue weighted by Gasteiger charge is -2.60. The van der Waals surface area contributed by atoms with E-state index in [1.807, 2.05) is 12.1 Å². The van der Waals surface area contributed by atoms with Gasteiger partial charge >= 0.3 is 0 Å². The second-order valence-corrected chi connectivity index (χ2v) is 7.68. The van der Waals surface area contributed by atoms with Crippen LogP contribution in [0.4, 0.5) is 0 Å². The first-order chi connectivity index (χ1) is 10.3. The molecule has 0 heterocycles. The fourth-order valence-electron chi connectivity index (χ4n) is 4.77. The van der Waals surface area contributed by atoms with Crippen molar-refractivity contribution in [3.05, 3.63) is 41.2 Å². The summed E-state index contributed by atoms with van der Waals surface area (Å²) in [5.41, 5.74) is 3.11. The molecule has 0 aliphatic heterocycles. The molecular weight excluding hydrogens is 272 g/mol. The predicted octanol–water partition coefficient (Wildman–Crippen LogP) is 5.10. The Morgan fingerprint density at radius 3 is 2.23 bits per heavy atom. The normalized spacial score (nSPS) is 30.3. The van der Waals surface area contributed by atoms with Crippen molar-refractivity contribution in [3.8, 4) is 0 Å². The molecule has 0 radical (unpaired) electrons. The van der Waals surface area contributed by atoms with Gasteiger partial charge in [-0.2, -0.15) is 0 Å². The van der Waals surface area contributed by atoms with Crippen LogP contribution in [0.15, 0.2) is 30.0 Å². The van der Waals surface area contributed by atoms with E-state index in [-0.39, 0.29) is 11.5 Å². The number of allylic oxidation sites excluding steroid dienone is 2. The number of benzene rings is 1. The Morgan fingerprint density at radius 2 is 1.77 bits per heavy atom. The highest BCUT2D eigenvalue weighted by molar-refractivity contribution is 6.20. The molecule has 3 atom stereocenters. The van der Waals surface area contributed by atoms with Gasteiger partial charge in [0.1, 0.15) is 5.76 Å². The van der Waals surface area contributed by atoms with E-state index in [0.29, 0.717) is 16.9 Å². The highest BCUT2D eigenvalue weighted by atomic mass is 16.3. The molecule has 2 bridgehead atoms. The van der Waals surface area contributed by atoms with Crippen LogP contribution in [0.3, 0.4) is 0 Å². The number of ketones is 1. The SMILES string of the molecule is CC(=O)/C(=C(/C)O)c1ccc(C2CCC3CC2C3(C)C)cc1. The first-order valence-electron chi connectivity index (χ1n) is 8.33. The molecule has 4 rings (SSSR count). The Morgan fingerprint density at radius 1 is 1.14 bits per heavy atom. The van der Waals surface area contributed by atoms with Crippen molar-refractivity contribution < 1.29 is 9.90 Å².